The average Bonchev–Trinajstić information content (AvgIpc) is 2.60. The van der Waals surface area contributed by atoms with Crippen LogP contribution in [0.2, 0.25) is 0 Å². The van der Waals surface area contributed by atoms with Crippen LogP contribution >= 0.6 is 0 Å². The lowest BCUT2D eigenvalue weighted by Crippen LogP contribution is -2.49. The molecule has 0 spiro atoms. The molecule has 3 rings (SSSR count). The quantitative estimate of drug-likeness (QED) is 0.859. The van der Waals surface area contributed by atoms with Gasteiger partial charge in [0.1, 0.15) is 12.5 Å². The third kappa shape index (κ3) is 3.25. The number of primary amides is 1. The van der Waals surface area contributed by atoms with E-state index in [9.17, 15) is 9.90 Å². The summed E-state index contributed by atoms with van der Waals surface area (Å²) in [4.78, 5) is 18.1. The van der Waals surface area contributed by atoms with Crippen molar-refractivity contribution in [3.63, 3.8) is 0 Å². The van der Waals surface area contributed by atoms with Crippen LogP contribution in [0.5, 0.6) is 5.75 Å². The summed E-state index contributed by atoms with van der Waals surface area (Å²) in [5.41, 5.74) is 9.04. The molecule has 1 aromatic carbocycles. The number of aliphatic hydroxyl groups excluding tert-OH is 1. The second-order valence-corrected chi connectivity index (χ2v) is 5.96. The molecule has 0 bridgehead atoms. The summed E-state index contributed by atoms with van der Waals surface area (Å²) in [5, 5.41) is 9.55. The summed E-state index contributed by atoms with van der Waals surface area (Å²) in [6.07, 6.45) is 2.17. The molecule has 1 aliphatic heterocycles. The largest absolute Gasteiger partial charge is 0.476 e. The van der Waals surface area contributed by atoms with Crippen LogP contribution in [0.3, 0.4) is 0 Å². The molecule has 1 amide bonds. The van der Waals surface area contributed by atoms with Crippen molar-refractivity contribution in [1.82, 2.24) is 9.88 Å². The summed E-state index contributed by atoms with van der Waals surface area (Å²) in [6.45, 7) is 2.51. The number of nitrogens with zero attached hydrogens (tertiary/aromatic N) is 2. The molecule has 0 fully saturated rings. The number of ether oxygens (including phenoxy) is 1. The Balaban J connectivity index is 1.86. The fourth-order valence-corrected chi connectivity index (χ4v) is 3.02. The lowest BCUT2D eigenvalue weighted by Gasteiger charge is -2.35. The smallest absolute Gasteiger partial charge is 0.235 e. The average molecular weight is 327 g/mol. The Morgan fingerprint density at radius 3 is 2.83 bits per heavy atom. The van der Waals surface area contributed by atoms with Gasteiger partial charge in [-0.3, -0.25) is 14.7 Å². The Hall–Kier alpha value is -2.44. The maximum Gasteiger partial charge on any atom is 0.235 e. The van der Waals surface area contributed by atoms with Crippen molar-refractivity contribution in [2.24, 2.45) is 5.73 Å². The molecule has 126 valence electrons. The fourth-order valence-electron chi connectivity index (χ4n) is 3.02. The van der Waals surface area contributed by atoms with E-state index in [-0.39, 0.29) is 19.2 Å². The van der Waals surface area contributed by atoms with Gasteiger partial charge in [-0.2, -0.15) is 0 Å². The molecule has 6 nitrogen and oxygen atoms in total. The predicted octanol–water partition coefficient (Wildman–Crippen LogP) is 1.13. The maximum absolute atomic E-state index is 12.0. The Kier molecular flexibility index (Phi) is 4.78. The first-order valence-electron chi connectivity index (χ1n) is 7.88. The maximum atomic E-state index is 12.0. The van der Waals surface area contributed by atoms with E-state index in [2.05, 4.69) is 4.98 Å². The van der Waals surface area contributed by atoms with Crippen LogP contribution in [0, 0.1) is 6.92 Å². The van der Waals surface area contributed by atoms with Crippen molar-refractivity contribution >= 4 is 5.91 Å². The predicted molar refractivity (Wildman–Crippen MR) is 89.1 cm³/mol. The van der Waals surface area contributed by atoms with Crippen LogP contribution in [0.4, 0.5) is 0 Å². The minimum absolute atomic E-state index is 0.118. The normalized spacial score (nSPS) is 15.4. The number of carbonyl (C=O) groups excluding carboxylic acids is 1. The molecule has 3 N–H and O–H groups in total. The van der Waals surface area contributed by atoms with E-state index in [0.29, 0.717) is 24.3 Å². The number of aliphatic hydroxyl groups is 1. The number of amides is 1. The first-order chi connectivity index (χ1) is 11.6. The van der Waals surface area contributed by atoms with Gasteiger partial charge in [0, 0.05) is 23.9 Å². The van der Waals surface area contributed by atoms with Crippen LogP contribution < -0.4 is 10.5 Å². The second-order valence-electron chi connectivity index (χ2n) is 5.96. The first-order valence-corrected chi connectivity index (χ1v) is 7.88. The van der Waals surface area contributed by atoms with Crippen molar-refractivity contribution in [2.45, 2.75) is 32.5 Å². The van der Waals surface area contributed by atoms with E-state index >= 15 is 0 Å². The first kappa shape index (κ1) is 16.4. The van der Waals surface area contributed by atoms with Crippen LogP contribution in [-0.4, -0.2) is 33.7 Å². The topological polar surface area (TPSA) is 88.7 Å². The molecule has 0 unspecified atom stereocenters. The molecule has 0 radical (unpaired) electrons. The standard InChI is InChI=1S/C18H21N3O3/c1-12-17-15(14(10-22)8-20-12)9-21(11-24-17)16(18(19)23)7-13-5-3-2-4-6-13/h2-6,8,16,22H,7,9-11H2,1H3,(H2,19,23)/t16-/m0/s1. The third-order valence-electron chi connectivity index (χ3n) is 4.35. The Morgan fingerprint density at radius 1 is 1.42 bits per heavy atom. The van der Waals surface area contributed by atoms with Gasteiger partial charge >= 0.3 is 0 Å². The van der Waals surface area contributed by atoms with Crippen LogP contribution in [0.25, 0.3) is 0 Å². The van der Waals surface area contributed by atoms with E-state index in [4.69, 9.17) is 10.5 Å². The molecule has 0 saturated heterocycles. The van der Waals surface area contributed by atoms with Crippen molar-refractivity contribution in [3.8, 4) is 5.75 Å². The second kappa shape index (κ2) is 6.98. The zero-order chi connectivity index (χ0) is 17.1. The fraction of sp³-hybridized carbons (Fsp3) is 0.333. The SMILES string of the molecule is Cc1ncc(CO)c2c1OCN([C@@H](Cc1ccccc1)C(N)=O)C2. The van der Waals surface area contributed by atoms with E-state index < -0.39 is 6.04 Å². The highest BCUT2D eigenvalue weighted by Gasteiger charge is 2.30. The molecule has 0 saturated carbocycles. The Labute approximate surface area is 140 Å². The number of aromatic nitrogens is 1. The van der Waals surface area contributed by atoms with Gasteiger partial charge < -0.3 is 15.6 Å². The minimum Gasteiger partial charge on any atom is -0.476 e. The number of hydrogen-bond acceptors (Lipinski definition) is 5. The Bertz CT molecular complexity index is 734. The molecular formula is C18H21N3O3. The summed E-state index contributed by atoms with van der Waals surface area (Å²) in [5.74, 6) is 0.308. The van der Waals surface area contributed by atoms with Gasteiger partial charge in [-0.15, -0.1) is 0 Å². The van der Waals surface area contributed by atoms with E-state index in [1.165, 1.54) is 0 Å². The lowest BCUT2D eigenvalue weighted by atomic mass is 10.0. The number of rotatable bonds is 5. The highest BCUT2D eigenvalue weighted by Crippen LogP contribution is 2.31. The zero-order valence-electron chi connectivity index (χ0n) is 13.6. The summed E-state index contributed by atoms with van der Waals surface area (Å²) >= 11 is 0. The van der Waals surface area contributed by atoms with Crippen molar-refractivity contribution in [3.05, 3.63) is 58.9 Å². The van der Waals surface area contributed by atoms with Gasteiger partial charge in [-0.25, -0.2) is 0 Å². The zero-order valence-corrected chi connectivity index (χ0v) is 13.6. The van der Waals surface area contributed by atoms with Gasteiger partial charge in [0.15, 0.2) is 0 Å². The molecule has 1 aromatic heterocycles. The van der Waals surface area contributed by atoms with Gasteiger partial charge in [-0.1, -0.05) is 30.3 Å². The molecule has 1 aliphatic rings. The number of nitrogens with two attached hydrogens (primary N) is 1. The molecule has 6 heteroatoms. The number of pyridine rings is 1. The number of fused-ring (bicyclic) bond motifs is 1. The molecule has 2 heterocycles. The number of carbonyl (C=O) groups is 1. The molecular weight excluding hydrogens is 306 g/mol. The van der Waals surface area contributed by atoms with Gasteiger partial charge in [0.2, 0.25) is 5.91 Å². The minimum atomic E-state index is -0.472. The summed E-state index contributed by atoms with van der Waals surface area (Å²) in [6, 6.07) is 9.29. The van der Waals surface area contributed by atoms with Crippen LogP contribution in [-0.2, 0) is 24.4 Å². The summed E-state index contributed by atoms with van der Waals surface area (Å²) in [7, 11) is 0. The van der Waals surface area contributed by atoms with Gasteiger partial charge in [-0.05, 0) is 18.9 Å². The van der Waals surface area contributed by atoms with Gasteiger partial charge in [0.05, 0.1) is 18.3 Å². The van der Waals surface area contributed by atoms with Crippen LogP contribution in [0.15, 0.2) is 36.5 Å². The van der Waals surface area contributed by atoms with Crippen molar-refractivity contribution < 1.29 is 14.6 Å². The molecule has 0 aliphatic carbocycles. The molecule has 1 atom stereocenters. The van der Waals surface area contributed by atoms with Crippen molar-refractivity contribution in [2.75, 3.05) is 6.73 Å². The van der Waals surface area contributed by atoms with E-state index in [1.54, 1.807) is 6.20 Å². The van der Waals surface area contributed by atoms with Gasteiger partial charge in [0.25, 0.3) is 0 Å². The summed E-state index contributed by atoms with van der Waals surface area (Å²) < 4.78 is 5.82. The van der Waals surface area contributed by atoms with Crippen molar-refractivity contribution in [1.29, 1.82) is 0 Å². The van der Waals surface area contributed by atoms with E-state index in [1.807, 2.05) is 42.2 Å². The molecule has 2 aromatic rings. The lowest BCUT2D eigenvalue weighted by molar-refractivity contribution is -0.125. The number of benzene rings is 1. The highest BCUT2D eigenvalue weighted by atomic mass is 16.5. The Morgan fingerprint density at radius 2 is 2.17 bits per heavy atom. The molecule has 24 heavy (non-hydrogen) atoms. The third-order valence-corrected chi connectivity index (χ3v) is 4.35. The highest BCUT2D eigenvalue weighted by molar-refractivity contribution is 5.80. The monoisotopic (exact) mass is 327 g/mol. The number of hydrogen-bond donors (Lipinski definition) is 2. The van der Waals surface area contributed by atoms with E-state index in [0.717, 1.165) is 16.8 Å². The van der Waals surface area contributed by atoms with Crippen LogP contribution in [0.1, 0.15) is 22.4 Å². The number of aryl methyl sites for hydroxylation is 1.